The Morgan fingerprint density at radius 3 is 2.19 bits per heavy atom. The maximum atomic E-state index is 12.4. The van der Waals surface area contributed by atoms with Gasteiger partial charge in [-0.3, -0.25) is 4.79 Å². The smallest absolute Gasteiger partial charge is 0.219 e. The lowest BCUT2D eigenvalue weighted by molar-refractivity contribution is 0.108. The van der Waals surface area contributed by atoms with Crippen LogP contribution in [0.15, 0.2) is 85.5 Å². The SMILES string of the molecule is C=CC(=C)C(Cc1ccccc1)SC(=O)c1ccccc1. The highest BCUT2D eigenvalue weighted by atomic mass is 32.2. The van der Waals surface area contributed by atoms with Gasteiger partial charge in [-0.2, -0.15) is 0 Å². The van der Waals surface area contributed by atoms with Crippen molar-refractivity contribution < 1.29 is 4.79 Å². The van der Waals surface area contributed by atoms with Crippen LogP contribution < -0.4 is 0 Å². The number of hydrogen-bond acceptors (Lipinski definition) is 2. The van der Waals surface area contributed by atoms with Gasteiger partial charge in [0, 0.05) is 10.8 Å². The fraction of sp³-hybridized carbons (Fsp3) is 0.105. The molecule has 0 amide bonds. The van der Waals surface area contributed by atoms with Crippen molar-refractivity contribution in [2.75, 3.05) is 0 Å². The van der Waals surface area contributed by atoms with Gasteiger partial charge in [0.25, 0.3) is 0 Å². The molecule has 1 unspecified atom stereocenters. The third-order valence-electron chi connectivity index (χ3n) is 3.20. The van der Waals surface area contributed by atoms with Gasteiger partial charge < -0.3 is 0 Å². The summed E-state index contributed by atoms with van der Waals surface area (Å²) < 4.78 is 0. The van der Waals surface area contributed by atoms with Crippen molar-refractivity contribution in [3.8, 4) is 0 Å². The molecule has 2 heteroatoms. The second-order valence-corrected chi connectivity index (χ2v) is 5.90. The lowest BCUT2D eigenvalue weighted by Gasteiger charge is -2.16. The molecule has 0 bridgehead atoms. The first kappa shape index (κ1) is 15.3. The summed E-state index contributed by atoms with van der Waals surface area (Å²) in [5.74, 6) is 0. The molecule has 106 valence electrons. The van der Waals surface area contributed by atoms with E-state index in [1.807, 2.05) is 48.5 Å². The molecule has 0 spiro atoms. The van der Waals surface area contributed by atoms with Crippen molar-refractivity contribution >= 4 is 16.9 Å². The summed E-state index contributed by atoms with van der Waals surface area (Å²) in [6, 6.07) is 19.5. The molecule has 0 radical (unpaired) electrons. The third-order valence-corrected chi connectivity index (χ3v) is 4.40. The molecule has 2 aromatic rings. The molecular formula is C19H18OS. The molecule has 0 N–H and O–H groups in total. The van der Waals surface area contributed by atoms with E-state index >= 15 is 0 Å². The average molecular weight is 294 g/mol. The third kappa shape index (κ3) is 4.47. The minimum atomic E-state index is 0.0117. The normalized spacial score (nSPS) is 11.6. The van der Waals surface area contributed by atoms with Gasteiger partial charge in [-0.25, -0.2) is 0 Å². The molecule has 0 saturated heterocycles. The molecule has 0 aliphatic rings. The first-order chi connectivity index (χ1) is 10.2. The predicted molar refractivity (Wildman–Crippen MR) is 91.6 cm³/mol. The largest absolute Gasteiger partial charge is 0.282 e. The maximum Gasteiger partial charge on any atom is 0.219 e. The maximum absolute atomic E-state index is 12.4. The monoisotopic (exact) mass is 294 g/mol. The van der Waals surface area contributed by atoms with Gasteiger partial charge in [0.05, 0.1) is 0 Å². The van der Waals surface area contributed by atoms with Crippen LogP contribution in [-0.2, 0) is 6.42 Å². The molecule has 21 heavy (non-hydrogen) atoms. The van der Waals surface area contributed by atoms with Crippen molar-refractivity contribution in [3.63, 3.8) is 0 Å². The van der Waals surface area contributed by atoms with E-state index in [2.05, 4.69) is 25.3 Å². The van der Waals surface area contributed by atoms with Crippen LogP contribution in [-0.4, -0.2) is 10.4 Å². The van der Waals surface area contributed by atoms with Crippen molar-refractivity contribution in [3.05, 3.63) is 96.6 Å². The number of carbonyl (C=O) groups is 1. The minimum absolute atomic E-state index is 0.0117. The molecule has 0 heterocycles. The van der Waals surface area contributed by atoms with Crippen LogP contribution in [0.4, 0.5) is 0 Å². The van der Waals surface area contributed by atoms with Crippen LogP contribution in [0.5, 0.6) is 0 Å². The Hall–Kier alpha value is -2.06. The fourth-order valence-electron chi connectivity index (χ4n) is 1.98. The molecule has 0 aliphatic carbocycles. The van der Waals surface area contributed by atoms with Gasteiger partial charge in [-0.15, -0.1) is 0 Å². The molecular weight excluding hydrogens is 276 g/mol. The molecule has 2 rings (SSSR count). The Balaban J connectivity index is 2.12. The van der Waals surface area contributed by atoms with Gasteiger partial charge in [0.2, 0.25) is 5.12 Å². The fourth-order valence-corrected chi connectivity index (χ4v) is 3.03. The number of allylic oxidation sites excluding steroid dienone is 1. The van der Waals surface area contributed by atoms with Gasteiger partial charge in [0.1, 0.15) is 0 Å². The lowest BCUT2D eigenvalue weighted by Crippen LogP contribution is -2.12. The zero-order valence-corrected chi connectivity index (χ0v) is 12.7. The van der Waals surface area contributed by atoms with Gasteiger partial charge in [-0.05, 0) is 17.6 Å². The molecule has 2 aromatic carbocycles. The van der Waals surface area contributed by atoms with Crippen molar-refractivity contribution in [2.45, 2.75) is 11.7 Å². The number of benzene rings is 2. The number of thioether (sulfide) groups is 1. The Morgan fingerprint density at radius 2 is 1.62 bits per heavy atom. The quantitative estimate of drug-likeness (QED) is 0.704. The van der Waals surface area contributed by atoms with E-state index in [0.717, 1.165) is 17.6 Å². The highest BCUT2D eigenvalue weighted by Crippen LogP contribution is 2.26. The van der Waals surface area contributed by atoms with E-state index < -0.39 is 0 Å². The summed E-state index contributed by atoms with van der Waals surface area (Å²) in [4.78, 5) is 12.4. The van der Waals surface area contributed by atoms with Gasteiger partial charge >= 0.3 is 0 Å². The summed E-state index contributed by atoms with van der Waals surface area (Å²) in [7, 11) is 0. The molecule has 0 fully saturated rings. The Labute approximate surface area is 130 Å². The standard InChI is InChI=1S/C19H18OS/c1-3-15(2)18(14-16-10-6-4-7-11-16)21-19(20)17-12-8-5-9-13-17/h3-13,18H,1-2,14H2. The summed E-state index contributed by atoms with van der Waals surface area (Å²) in [5.41, 5.74) is 2.80. The van der Waals surface area contributed by atoms with Crippen molar-refractivity contribution in [1.29, 1.82) is 0 Å². The zero-order chi connectivity index (χ0) is 15.1. The minimum Gasteiger partial charge on any atom is -0.282 e. The Morgan fingerprint density at radius 1 is 1.05 bits per heavy atom. The topological polar surface area (TPSA) is 17.1 Å². The molecule has 0 aliphatic heterocycles. The van der Waals surface area contributed by atoms with E-state index in [-0.39, 0.29) is 10.4 Å². The molecule has 0 saturated carbocycles. The highest BCUT2D eigenvalue weighted by molar-refractivity contribution is 8.14. The summed E-state index contributed by atoms with van der Waals surface area (Å²) in [6.07, 6.45) is 2.51. The van der Waals surface area contributed by atoms with E-state index in [4.69, 9.17) is 0 Å². The van der Waals surface area contributed by atoms with Crippen LogP contribution in [0, 0.1) is 0 Å². The first-order valence-corrected chi connectivity index (χ1v) is 7.70. The second-order valence-electron chi connectivity index (χ2n) is 4.73. The van der Waals surface area contributed by atoms with Crippen LogP contribution in [0.2, 0.25) is 0 Å². The van der Waals surface area contributed by atoms with Crippen LogP contribution >= 0.6 is 11.8 Å². The van der Waals surface area contributed by atoms with Gasteiger partial charge in [-0.1, -0.05) is 91.7 Å². The van der Waals surface area contributed by atoms with E-state index in [9.17, 15) is 4.79 Å². The van der Waals surface area contributed by atoms with Crippen LogP contribution in [0.25, 0.3) is 0 Å². The van der Waals surface area contributed by atoms with E-state index in [1.165, 1.54) is 17.3 Å². The summed E-state index contributed by atoms with van der Waals surface area (Å²) >= 11 is 1.32. The van der Waals surface area contributed by atoms with Crippen LogP contribution in [0.1, 0.15) is 15.9 Å². The van der Waals surface area contributed by atoms with Crippen molar-refractivity contribution in [2.24, 2.45) is 0 Å². The summed E-state index contributed by atoms with van der Waals surface area (Å²) in [5, 5.41) is 0.0807. The lowest BCUT2D eigenvalue weighted by atomic mass is 10.1. The number of hydrogen-bond donors (Lipinski definition) is 0. The molecule has 1 atom stereocenters. The second kappa shape index (κ2) is 7.65. The predicted octanol–water partition coefficient (Wildman–Crippen LogP) is 4.91. The Kier molecular flexibility index (Phi) is 5.59. The zero-order valence-electron chi connectivity index (χ0n) is 11.9. The highest BCUT2D eigenvalue weighted by Gasteiger charge is 2.18. The average Bonchev–Trinajstić information content (AvgIpc) is 2.55. The van der Waals surface area contributed by atoms with Crippen molar-refractivity contribution in [1.82, 2.24) is 0 Å². The molecule has 0 aromatic heterocycles. The van der Waals surface area contributed by atoms with Crippen LogP contribution in [0.3, 0.4) is 0 Å². The molecule has 1 nitrogen and oxygen atoms in total. The number of rotatable bonds is 6. The van der Waals surface area contributed by atoms with E-state index in [1.54, 1.807) is 6.08 Å². The summed E-state index contributed by atoms with van der Waals surface area (Å²) in [6.45, 7) is 7.80. The van der Waals surface area contributed by atoms with Gasteiger partial charge in [0.15, 0.2) is 0 Å². The first-order valence-electron chi connectivity index (χ1n) is 6.82. The Bertz CT molecular complexity index is 617. The van der Waals surface area contributed by atoms with E-state index in [0.29, 0.717) is 0 Å². The number of carbonyl (C=O) groups excluding carboxylic acids is 1.